The average Bonchev–Trinajstić information content (AvgIpc) is 2.90. The van der Waals surface area contributed by atoms with E-state index in [1.807, 2.05) is 5.32 Å². The fourth-order valence-electron chi connectivity index (χ4n) is 4.71. The topological polar surface area (TPSA) is 284 Å². The van der Waals surface area contributed by atoms with Gasteiger partial charge in [0.25, 0.3) is 0 Å². The van der Waals surface area contributed by atoms with Crippen LogP contribution < -0.4 is 10.6 Å². The van der Waals surface area contributed by atoms with Crippen molar-refractivity contribution in [2.75, 3.05) is 11.9 Å². The van der Waals surface area contributed by atoms with Crippen LogP contribution >= 0.6 is 11.6 Å². The number of halogens is 1. The number of aliphatic hydroxyl groups is 4. The van der Waals surface area contributed by atoms with E-state index in [1.165, 1.54) is 18.2 Å². The molecule has 0 saturated carbocycles. The molecule has 0 radical (unpaired) electrons. The van der Waals surface area contributed by atoms with Gasteiger partial charge in [0.05, 0.1) is 16.1 Å². The lowest BCUT2D eigenvalue weighted by molar-refractivity contribution is -0.357. The highest BCUT2D eigenvalue weighted by atomic mass is 35.5. The van der Waals surface area contributed by atoms with E-state index in [2.05, 4.69) is 0 Å². The highest BCUT2D eigenvalue weighted by Crippen LogP contribution is 2.60. The van der Waals surface area contributed by atoms with Crippen molar-refractivity contribution in [3.05, 3.63) is 46.0 Å². The van der Waals surface area contributed by atoms with E-state index in [0.29, 0.717) is 0 Å². The predicted octanol–water partition coefficient (Wildman–Crippen LogP) is 0.824. The number of phenolic OH excluding ortho intramolecular Hbond substituents is 7. The zero-order valence-corrected chi connectivity index (χ0v) is 21.6. The summed E-state index contributed by atoms with van der Waals surface area (Å²) in [6, 6.07) is 4.62. The molecule has 15 nitrogen and oxygen atoms in total. The molecule has 2 atom stereocenters. The van der Waals surface area contributed by atoms with Gasteiger partial charge in [0.2, 0.25) is 11.5 Å². The second-order valence-electron chi connectivity index (χ2n) is 9.46. The van der Waals surface area contributed by atoms with Gasteiger partial charge >= 0.3 is 17.8 Å². The van der Waals surface area contributed by atoms with Gasteiger partial charge in [-0.3, -0.25) is 5.32 Å². The van der Waals surface area contributed by atoms with Crippen LogP contribution in [0, 0.1) is 0 Å². The molecular weight excluding hydrogens is 572 g/mol. The molecule has 3 aromatic carbocycles. The van der Waals surface area contributed by atoms with E-state index in [4.69, 9.17) is 11.6 Å². The molecule has 0 spiro atoms. The van der Waals surface area contributed by atoms with E-state index >= 15 is 0 Å². The number of aromatic carboxylic acids is 1. The van der Waals surface area contributed by atoms with Crippen molar-refractivity contribution in [3.8, 4) is 51.4 Å². The average molecular weight is 597 g/mol. The Bertz CT molecular complexity index is 1570. The molecule has 2 unspecified atom stereocenters. The Morgan fingerprint density at radius 3 is 2.05 bits per heavy atom. The Morgan fingerprint density at radius 2 is 1.44 bits per heavy atom. The zero-order valence-electron chi connectivity index (χ0n) is 20.8. The number of nitrogens with one attached hydrogen (secondary N) is 2. The molecule has 0 aliphatic heterocycles. The molecule has 1 aliphatic rings. The summed E-state index contributed by atoms with van der Waals surface area (Å²) >= 11 is 6.01. The maximum atomic E-state index is 11.3. The van der Waals surface area contributed by atoms with Gasteiger partial charge in [-0.1, -0.05) is 30.7 Å². The van der Waals surface area contributed by atoms with Gasteiger partial charge in [-0.25, -0.2) is 4.79 Å². The van der Waals surface area contributed by atoms with E-state index in [-0.39, 0.29) is 27.3 Å². The minimum atomic E-state index is -3.86. The van der Waals surface area contributed by atoms with Gasteiger partial charge in [-0.2, -0.15) is 0 Å². The lowest BCUT2D eigenvalue weighted by Crippen LogP contribution is -2.67. The van der Waals surface area contributed by atoms with E-state index in [0.717, 1.165) is 6.07 Å². The van der Waals surface area contributed by atoms with E-state index in [1.54, 1.807) is 12.2 Å². The van der Waals surface area contributed by atoms with Crippen LogP contribution in [0.15, 0.2) is 24.3 Å². The quantitative estimate of drug-likeness (QED) is 0.0973. The second kappa shape index (κ2) is 9.91. The van der Waals surface area contributed by atoms with Crippen LogP contribution in [0.3, 0.4) is 0 Å². The third kappa shape index (κ3) is 4.59. The Morgan fingerprint density at radius 1 is 0.829 bits per heavy atom. The van der Waals surface area contributed by atoms with Gasteiger partial charge in [0.1, 0.15) is 5.69 Å². The summed E-state index contributed by atoms with van der Waals surface area (Å²) in [5, 5.41) is 126. The maximum Gasteiger partial charge on any atom is 0.335 e. The second-order valence-corrected chi connectivity index (χ2v) is 9.84. The highest BCUT2D eigenvalue weighted by molar-refractivity contribution is 6.33. The van der Waals surface area contributed by atoms with Crippen molar-refractivity contribution in [2.45, 2.75) is 30.6 Å². The summed E-state index contributed by atoms with van der Waals surface area (Å²) in [6.07, 6.45) is 0. The van der Waals surface area contributed by atoms with Crippen molar-refractivity contribution >= 4 is 23.3 Å². The third-order valence-corrected chi connectivity index (χ3v) is 7.40. The number of hydrogen-bond acceptors (Lipinski definition) is 14. The fraction of sp³-hybridized carbons (Fsp3) is 0.240. The van der Waals surface area contributed by atoms with Crippen LogP contribution in [-0.2, 0) is 0 Å². The van der Waals surface area contributed by atoms with Crippen LogP contribution in [0.2, 0.25) is 5.02 Å². The molecular formula is C25H25ClN2O13. The molecule has 0 aromatic heterocycles. The number of rotatable bonds is 8. The van der Waals surface area contributed by atoms with Crippen LogP contribution in [0.25, 0.3) is 11.1 Å². The minimum absolute atomic E-state index is 0.0440. The number of hydrogen-bond donors (Lipinski definition) is 14. The monoisotopic (exact) mass is 596 g/mol. The van der Waals surface area contributed by atoms with Gasteiger partial charge in [-0.15, -0.1) is 0 Å². The first-order valence-electron chi connectivity index (χ1n) is 11.6. The largest absolute Gasteiger partial charge is 0.505 e. The van der Waals surface area contributed by atoms with Crippen LogP contribution in [0.1, 0.15) is 40.2 Å². The predicted molar refractivity (Wildman–Crippen MR) is 139 cm³/mol. The highest BCUT2D eigenvalue weighted by Gasteiger charge is 2.51. The molecule has 4 rings (SSSR count). The van der Waals surface area contributed by atoms with Gasteiger partial charge in [-0.05, 0) is 29.2 Å². The van der Waals surface area contributed by atoms with Crippen molar-refractivity contribution in [3.63, 3.8) is 0 Å². The summed E-state index contributed by atoms with van der Waals surface area (Å²) in [7, 11) is 0. The number of fused-ring (bicyclic) bond motifs is 1. The molecule has 41 heavy (non-hydrogen) atoms. The third-order valence-electron chi connectivity index (χ3n) is 7.02. The first kappa shape index (κ1) is 29.6. The standard InChI is InChI=1S/C25H25ClN2O13/c1-7-10(13-11(7)14(26)19(32)21(34)18(13)31)6-27-24(38,39)25(40,41)28-15-16(29)12(17(30)22(35)20(15)33)8-3-2-4-9(5-8)23(36)37/h2-5,7,10,27-35,38-41H,6H2,1H3,(H,36,37). The zero-order chi connectivity index (χ0) is 30.8. The Balaban J connectivity index is 1.65. The van der Waals surface area contributed by atoms with Crippen molar-refractivity contribution in [2.24, 2.45) is 0 Å². The van der Waals surface area contributed by atoms with Crippen LogP contribution in [0.5, 0.6) is 40.2 Å². The number of carbonyl (C=O) groups is 1. The summed E-state index contributed by atoms with van der Waals surface area (Å²) in [5.41, 5.74) is -1.95. The normalized spacial score (nSPS) is 16.6. The summed E-state index contributed by atoms with van der Waals surface area (Å²) < 4.78 is 0. The van der Waals surface area contributed by atoms with Gasteiger partial charge in [0.15, 0.2) is 28.7 Å². The smallest absolute Gasteiger partial charge is 0.335 e. The Kier molecular flexibility index (Phi) is 7.16. The molecule has 0 bridgehead atoms. The lowest BCUT2D eigenvalue weighted by Gasteiger charge is -2.42. The number of anilines is 1. The Labute approximate surface area is 234 Å². The van der Waals surface area contributed by atoms with Gasteiger partial charge in [0, 0.05) is 18.0 Å². The molecule has 220 valence electrons. The maximum absolute atomic E-state index is 11.3. The fourth-order valence-corrected chi connectivity index (χ4v) is 5.07. The molecule has 1 aliphatic carbocycles. The molecule has 14 N–H and O–H groups in total. The molecule has 0 amide bonds. The number of carboxylic acids is 1. The van der Waals surface area contributed by atoms with E-state index < -0.39 is 87.7 Å². The summed E-state index contributed by atoms with van der Waals surface area (Å²) in [6.45, 7) is 1.08. The first-order valence-corrected chi connectivity index (χ1v) is 12.0. The molecule has 0 saturated heterocycles. The summed E-state index contributed by atoms with van der Waals surface area (Å²) in [5.74, 6) is -17.6. The first-order chi connectivity index (χ1) is 18.9. The SMILES string of the molecule is CC1c2c(Cl)c(O)c(O)c(O)c2C1CNC(O)(O)C(O)(O)Nc1c(O)c(O)c(O)c(-c2cccc(C(=O)O)c2)c1O. The van der Waals surface area contributed by atoms with Crippen molar-refractivity contribution in [1.82, 2.24) is 5.32 Å². The summed E-state index contributed by atoms with van der Waals surface area (Å²) in [4.78, 5) is 11.3. The minimum Gasteiger partial charge on any atom is -0.505 e. The Hall–Kier alpha value is -4.38. The molecule has 0 fully saturated rings. The van der Waals surface area contributed by atoms with E-state index in [9.17, 15) is 66.1 Å². The van der Waals surface area contributed by atoms with Crippen molar-refractivity contribution < 1.29 is 66.1 Å². The molecule has 0 heterocycles. The van der Waals surface area contributed by atoms with Crippen LogP contribution in [-0.4, -0.2) is 85.6 Å². The molecule has 16 heteroatoms. The number of phenols is 7. The number of aromatic hydroxyl groups is 7. The lowest BCUT2D eigenvalue weighted by atomic mass is 9.68. The van der Waals surface area contributed by atoms with Crippen LogP contribution in [0.4, 0.5) is 5.69 Å². The molecule has 3 aromatic rings. The van der Waals surface area contributed by atoms with Gasteiger partial charge < -0.3 is 66.6 Å². The number of carboxylic acid groups (broad SMARTS) is 1. The van der Waals surface area contributed by atoms with Crippen molar-refractivity contribution in [1.29, 1.82) is 0 Å². The number of benzene rings is 3.